The molecule has 0 unspecified atom stereocenters. The van der Waals surface area contributed by atoms with E-state index in [1.807, 2.05) is 0 Å². The molecular weight excluding hydrogens is 332 g/mol. The molecule has 0 bridgehead atoms. The largest absolute Gasteiger partial charge is 0.507 e. The third-order valence-electron chi connectivity index (χ3n) is 4.41. The lowest BCUT2D eigenvalue weighted by atomic mass is 10.0. The number of amides is 1. The van der Waals surface area contributed by atoms with Crippen molar-refractivity contribution in [3.05, 3.63) is 28.8 Å². The van der Waals surface area contributed by atoms with E-state index in [9.17, 15) is 23.4 Å². The summed E-state index contributed by atoms with van der Waals surface area (Å²) in [6.45, 7) is 3.71. The monoisotopic (exact) mass is 356 g/mol. The van der Waals surface area contributed by atoms with Gasteiger partial charge in [-0.25, -0.2) is 12.7 Å². The van der Waals surface area contributed by atoms with Gasteiger partial charge in [-0.15, -0.1) is 0 Å². The number of benzene rings is 1. The van der Waals surface area contributed by atoms with Gasteiger partial charge in [0.05, 0.1) is 11.9 Å². The minimum absolute atomic E-state index is 0.103. The van der Waals surface area contributed by atoms with Gasteiger partial charge in [0.1, 0.15) is 5.75 Å². The summed E-state index contributed by atoms with van der Waals surface area (Å²) in [5, 5.41) is 19.9. The molecule has 1 aliphatic heterocycles. The Hall–Kier alpha value is -1.64. The van der Waals surface area contributed by atoms with Crippen LogP contribution in [0.5, 0.6) is 5.75 Å². The fourth-order valence-corrected chi connectivity index (χ4v) is 4.03. The van der Waals surface area contributed by atoms with Crippen LogP contribution in [0.25, 0.3) is 0 Å². The Morgan fingerprint density at radius 2 is 1.79 bits per heavy atom. The molecule has 1 aromatic rings. The van der Waals surface area contributed by atoms with E-state index < -0.39 is 22.0 Å². The molecule has 1 amide bonds. The summed E-state index contributed by atoms with van der Waals surface area (Å²) >= 11 is 0. The number of aromatic hydroxyl groups is 1. The number of nitrogens with zero attached hydrogens (tertiary/aromatic N) is 2. The van der Waals surface area contributed by atoms with Gasteiger partial charge < -0.3 is 15.1 Å². The molecule has 1 fully saturated rings. The fraction of sp³-hybridized carbons (Fsp3) is 0.562. The summed E-state index contributed by atoms with van der Waals surface area (Å²) in [6, 6.07) is 3.20. The maximum absolute atomic E-state index is 12.6. The number of aliphatic hydroxyl groups excluding tert-OH is 1. The molecule has 24 heavy (non-hydrogen) atoms. The van der Waals surface area contributed by atoms with Gasteiger partial charge in [-0.2, -0.15) is 0 Å². The molecule has 2 atom stereocenters. The highest BCUT2D eigenvalue weighted by molar-refractivity contribution is 7.89. The van der Waals surface area contributed by atoms with Crippen molar-refractivity contribution < 1.29 is 23.4 Å². The Morgan fingerprint density at radius 1 is 1.25 bits per heavy atom. The number of hydrogen-bond donors (Lipinski definition) is 2. The van der Waals surface area contributed by atoms with Crippen molar-refractivity contribution in [2.75, 3.05) is 32.9 Å². The average molecular weight is 356 g/mol. The van der Waals surface area contributed by atoms with Gasteiger partial charge in [0.25, 0.3) is 5.91 Å². The van der Waals surface area contributed by atoms with Gasteiger partial charge in [0.2, 0.25) is 10.0 Å². The highest BCUT2D eigenvalue weighted by Crippen LogP contribution is 2.26. The van der Waals surface area contributed by atoms with Crippen LogP contribution in [0.3, 0.4) is 0 Å². The van der Waals surface area contributed by atoms with Crippen LogP contribution in [0.2, 0.25) is 0 Å². The Morgan fingerprint density at radius 3 is 2.29 bits per heavy atom. The van der Waals surface area contributed by atoms with Crippen LogP contribution in [0.15, 0.2) is 12.1 Å². The number of phenolic OH excluding ortho intramolecular Hbond substituents is 1. The first kappa shape index (κ1) is 18.7. The van der Waals surface area contributed by atoms with Crippen molar-refractivity contribution in [2.24, 2.45) is 5.92 Å². The van der Waals surface area contributed by atoms with Crippen LogP contribution >= 0.6 is 0 Å². The third kappa shape index (κ3) is 3.71. The Kier molecular flexibility index (Phi) is 5.22. The van der Waals surface area contributed by atoms with Crippen LogP contribution in [0.4, 0.5) is 0 Å². The molecule has 2 N–H and O–H groups in total. The number of phenols is 1. The molecule has 0 saturated carbocycles. The van der Waals surface area contributed by atoms with Gasteiger partial charge >= 0.3 is 0 Å². The van der Waals surface area contributed by atoms with E-state index in [-0.39, 0.29) is 30.5 Å². The molecule has 0 aliphatic carbocycles. The van der Waals surface area contributed by atoms with E-state index in [1.165, 1.54) is 19.0 Å². The second-order valence-electron chi connectivity index (χ2n) is 6.56. The van der Waals surface area contributed by atoms with Crippen molar-refractivity contribution in [3.8, 4) is 5.75 Å². The number of carbonyl (C=O) groups excluding carboxylic acids is 1. The average Bonchev–Trinajstić information content (AvgIpc) is 2.83. The number of sulfonamides is 1. The zero-order valence-corrected chi connectivity index (χ0v) is 15.2. The SMILES string of the molecule is Cc1cc(C(=O)N2C[C@@H](CS(=O)(=O)N(C)C)[C@H](O)C2)cc(C)c1O. The number of β-amino-alcohol motifs (C(OH)–C–C–N with tert-alkyl or cyclic N) is 1. The molecular formula is C16H24N2O5S. The Labute approximate surface area is 142 Å². The summed E-state index contributed by atoms with van der Waals surface area (Å²) < 4.78 is 25.1. The minimum Gasteiger partial charge on any atom is -0.507 e. The highest BCUT2D eigenvalue weighted by Gasteiger charge is 2.37. The van der Waals surface area contributed by atoms with Crippen molar-refractivity contribution >= 4 is 15.9 Å². The number of aliphatic hydroxyl groups is 1. The maximum Gasteiger partial charge on any atom is 0.253 e. The van der Waals surface area contributed by atoms with Crippen LogP contribution in [-0.4, -0.2) is 72.8 Å². The topological polar surface area (TPSA) is 98.2 Å². The van der Waals surface area contributed by atoms with Crippen molar-refractivity contribution in [1.29, 1.82) is 0 Å². The molecule has 0 aromatic heterocycles. The Balaban J connectivity index is 2.16. The van der Waals surface area contributed by atoms with E-state index in [0.29, 0.717) is 16.7 Å². The standard InChI is InChI=1S/C16H24N2O5S/c1-10-5-12(6-11(2)15(10)20)16(21)18-7-13(14(19)8-18)9-24(22,23)17(3)4/h5-6,13-14,19-20H,7-9H2,1-4H3/t13-,14+/m0/s1. The molecule has 7 nitrogen and oxygen atoms in total. The third-order valence-corrected chi connectivity index (χ3v) is 6.37. The van der Waals surface area contributed by atoms with Gasteiger partial charge in [0.15, 0.2) is 0 Å². The maximum atomic E-state index is 12.6. The van der Waals surface area contributed by atoms with Gasteiger partial charge in [-0.3, -0.25) is 4.79 Å². The molecule has 1 aliphatic rings. The predicted octanol–water partition coefficient (Wildman–Crippen LogP) is 0.333. The van der Waals surface area contributed by atoms with Gasteiger partial charge in [-0.1, -0.05) is 0 Å². The van der Waals surface area contributed by atoms with Gasteiger partial charge in [-0.05, 0) is 37.1 Å². The lowest BCUT2D eigenvalue weighted by Gasteiger charge is -2.18. The molecule has 134 valence electrons. The van der Waals surface area contributed by atoms with E-state index >= 15 is 0 Å². The first-order valence-electron chi connectivity index (χ1n) is 7.70. The van der Waals surface area contributed by atoms with Crippen molar-refractivity contribution in [1.82, 2.24) is 9.21 Å². The minimum atomic E-state index is -3.45. The number of hydrogen-bond acceptors (Lipinski definition) is 5. The highest BCUT2D eigenvalue weighted by atomic mass is 32.2. The summed E-state index contributed by atoms with van der Waals surface area (Å²) in [5.74, 6) is -0.827. The fourth-order valence-electron chi connectivity index (χ4n) is 2.87. The molecule has 8 heteroatoms. The lowest BCUT2D eigenvalue weighted by Crippen LogP contribution is -2.33. The second-order valence-corrected chi connectivity index (χ2v) is 8.78. The van der Waals surface area contributed by atoms with Crippen molar-refractivity contribution in [3.63, 3.8) is 0 Å². The van der Waals surface area contributed by atoms with Crippen LogP contribution in [-0.2, 0) is 10.0 Å². The van der Waals surface area contributed by atoms with E-state index in [2.05, 4.69) is 0 Å². The van der Waals surface area contributed by atoms with E-state index in [0.717, 1.165) is 4.31 Å². The summed E-state index contributed by atoms with van der Waals surface area (Å²) in [6.07, 6.45) is -0.872. The zero-order valence-electron chi connectivity index (χ0n) is 14.4. The zero-order chi connectivity index (χ0) is 18.2. The smallest absolute Gasteiger partial charge is 0.253 e. The Bertz CT molecular complexity index is 722. The summed E-state index contributed by atoms with van der Waals surface area (Å²) in [7, 11) is -0.553. The molecule has 0 radical (unpaired) electrons. The van der Waals surface area contributed by atoms with Crippen LogP contribution < -0.4 is 0 Å². The second kappa shape index (κ2) is 6.70. The number of rotatable bonds is 4. The molecule has 0 spiro atoms. The molecule has 2 rings (SSSR count). The summed E-state index contributed by atoms with van der Waals surface area (Å²) in [5.41, 5.74) is 1.63. The number of carbonyl (C=O) groups is 1. The van der Waals surface area contributed by atoms with Gasteiger partial charge in [0, 0.05) is 38.7 Å². The summed E-state index contributed by atoms with van der Waals surface area (Å²) in [4.78, 5) is 14.1. The molecule has 1 aromatic carbocycles. The van der Waals surface area contributed by atoms with Crippen LogP contribution in [0, 0.1) is 19.8 Å². The first-order valence-corrected chi connectivity index (χ1v) is 9.31. The molecule has 1 saturated heterocycles. The molecule has 1 heterocycles. The van der Waals surface area contributed by atoms with Crippen molar-refractivity contribution in [2.45, 2.75) is 20.0 Å². The van der Waals surface area contributed by atoms with E-state index in [1.54, 1.807) is 26.0 Å². The normalized spacial score (nSPS) is 21.5. The lowest BCUT2D eigenvalue weighted by molar-refractivity contribution is 0.0764. The van der Waals surface area contributed by atoms with Crippen LogP contribution in [0.1, 0.15) is 21.5 Å². The quantitative estimate of drug-likeness (QED) is 0.810. The first-order chi connectivity index (χ1) is 11.0. The van der Waals surface area contributed by atoms with E-state index in [4.69, 9.17) is 0 Å². The predicted molar refractivity (Wildman–Crippen MR) is 90.5 cm³/mol. The number of likely N-dealkylation sites (tertiary alicyclic amines) is 1. The number of aryl methyl sites for hydroxylation is 2.